The van der Waals surface area contributed by atoms with Crippen LogP contribution in [0.3, 0.4) is 0 Å². The van der Waals surface area contributed by atoms with E-state index in [0.29, 0.717) is 18.4 Å². The van der Waals surface area contributed by atoms with E-state index in [2.05, 4.69) is 17.4 Å². The van der Waals surface area contributed by atoms with Crippen LogP contribution in [-0.2, 0) is 3.07 Å². The first-order valence-corrected chi connectivity index (χ1v) is 7.51. The predicted molar refractivity (Wildman–Crippen MR) is 82.7 cm³/mol. The monoisotopic (exact) mass is 377 g/mol. The molecular weight excluding hydrogens is 357 g/mol. The Bertz CT molecular complexity index is 369. The summed E-state index contributed by atoms with van der Waals surface area (Å²) < 4.78 is 10.7. The van der Waals surface area contributed by atoms with Gasteiger partial charge in [-0.25, -0.2) is 0 Å². The third-order valence-electron chi connectivity index (χ3n) is 3.55. The van der Waals surface area contributed by atoms with Gasteiger partial charge in [-0.15, -0.1) is 0 Å². The van der Waals surface area contributed by atoms with Gasteiger partial charge in [0.2, 0.25) is 0 Å². The van der Waals surface area contributed by atoms with Gasteiger partial charge in [0.05, 0.1) is 13.2 Å². The smallest absolute Gasteiger partial charge is 0.119 e. The summed E-state index contributed by atoms with van der Waals surface area (Å²) in [5.41, 5.74) is 1.34. The van der Waals surface area contributed by atoms with Crippen LogP contribution < -0.4 is 10.1 Å². The second kappa shape index (κ2) is 8.04. The summed E-state index contributed by atoms with van der Waals surface area (Å²) >= 11 is 1.97. The zero-order chi connectivity index (χ0) is 13.5. The molecule has 1 saturated heterocycles. The van der Waals surface area contributed by atoms with E-state index >= 15 is 0 Å². The molecule has 0 bridgehead atoms. The summed E-state index contributed by atoms with van der Waals surface area (Å²) in [6.45, 7) is 3.24. The summed E-state index contributed by atoms with van der Waals surface area (Å²) in [7, 11) is 0. The minimum Gasteiger partial charge on any atom is -0.491 e. The SMILES string of the molecule is OCCOc1ccc([C@H]2CCNC[C@@H]2COI)cc1. The first kappa shape index (κ1) is 15.0. The standard InChI is InChI=1S/C14H20INO3/c15-19-10-12-9-16-6-5-14(12)11-1-3-13(4-2-11)18-8-7-17/h1-4,12,14,16-17H,5-10H2/t12-,14-/m1/s1. The number of benzene rings is 1. The van der Waals surface area contributed by atoms with Gasteiger partial charge in [0, 0.05) is 12.5 Å². The number of aliphatic hydroxyl groups excluding tert-OH is 1. The molecule has 1 aromatic rings. The largest absolute Gasteiger partial charge is 0.491 e. The van der Waals surface area contributed by atoms with Crippen LogP contribution >= 0.6 is 23.0 Å². The molecule has 0 saturated carbocycles. The van der Waals surface area contributed by atoms with Crippen molar-refractivity contribution in [3.63, 3.8) is 0 Å². The minimum absolute atomic E-state index is 0.0467. The Balaban J connectivity index is 2.02. The maximum Gasteiger partial charge on any atom is 0.119 e. The highest BCUT2D eigenvalue weighted by atomic mass is 127. The maximum atomic E-state index is 8.73. The Kier molecular flexibility index (Phi) is 6.36. The number of hydrogen-bond donors (Lipinski definition) is 2. The maximum absolute atomic E-state index is 8.73. The third-order valence-corrected chi connectivity index (χ3v) is 3.91. The third kappa shape index (κ3) is 4.30. The molecule has 0 radical (unpaired) electrons. The molecule has 0 spiro atoms. The van der Waals surface area contributed by atoms with Crippen molar-refractivity contribution in [1.29, 1.82) is 0 Å². The van der Waals surface area contributed by atoms with Gasteiger partial charge < -0.3 is 18.2 Å². The van der Waals surface area contributed by atoms with Crippen molar-refractivity contribution in [3.05, 3.63) is 29.8 Å². The van der Waals surface area contributed by atoms with Crippen molar-refractivity contribution in [2.75, 3.05) is 32.9 Å². The second-order valence-corrected chi connectivity index (χ2v) is 5.40. The van der Waals surface area contributed by atoms with Crippen LogP contribution in [0.4, 0.5) is 0 Å². The fourth-order valence-electron chi connectivity index (χ4n) is 2.59. The van der Waals surface area contributed by atoms with Gasteiger partial charge in [0.15, 0.2) is 0 Å². The van der Waals surface area contributed by atoms with Crippen LogP contribution in [0.2, 0.25) is 0 Å². The number of aliphatic hydroxyl groups is 1. The van der Waals surface area contributed by atoms with Crippen molar-refractivity contribution in [1.82, 2.24) is 5.32 Å². The van der Waals surface area contributed by atoms with Crippen LogP contribution in [0.25, 0.3) is 0 Å². The molecule has 19 heavy (non-hydrogen) atoms. The normalized spacial score (nSPS) is 23.3. The van der Waals surface area contributed by atoms with E-state index in [1.807, 2.05) is 35.1 Å². The van der Waals surface area contributed by atoms with Gasteiger partial charge in [0.25, 0.3) is 0 Å². The average Bonchev–Trinajstić information content (AvgIpc) is 2.47. The first-order chi connectivity index (χ1) is 9.35. The summed E-state index contributed by atoms with van der Waals surface area (Å²) in [6.07, 6.45) is 1.14. The van der Waals surface area contributed by atoms with E-state index in [1.165, 1.54) is 5.56 Å². The molecule has 4 nitrogen and oxygen atoms in total. The number of halogens is 1. The number of rotatable bonds is 6. The molecule has 0 unspecified atom stereocenters. The van der Waals surface area contributed by atoms with Gasteiger partial charge in [-0.3, -0.25) is 0 Å². The Labute approximate surface area is 128 Å². The number of ether oxygens (including phenoxy) is 1. The van der Waals surface area contributed by atoms with Crippen molar-refractivity contribution < 1.29 is 12.9 Å². The van der Waals surface area contributed by atoms with E-state index in [4.69, 9.17) is 12.9 Å². The Hall–Kier alpha value is -0.370. The predicted octanol–water partition coefficient (Wildman–Crippen LogP) is 2.12. The second-order valence-electron chi connectivity index (χ2n) is 4.78. The van der Waals surface area contributed by atoms with Crippen LogP contribution in [0.15, 0.2) is 24.3 Å². The topological polar surface area (TPSA) is 50.7 Å². The van der Waals surface area contributed by atoms with Gasteiger partial charge in [-0.1, -0.05) is 12.1 Å². The zero-order valence-corrected chi connectivity index (χ0v) is 13.0. The molecule has 5 heteroatoms. The average molecular weight is 377 g/mol. The summed E-state index contributed by atoms with van der Waals surface area (Å²) in [5, 5.41) is 12.2. The number of piperidine rings is 1. The summed E-state index contributed by atoms with van der Waals surface area (Å²) in [5.74, 6) is 1.88. The molecule has 1 heterocycles. The fourth-order valence-corrected chi connectivity index (χ4v) is 3.05. The van der Waals surface area contributed by atoms with Gasteiger partial charge in [0.1, 0.15) is 35.4 Å². The molecule has 2 rings (SSSR count). The zero-order valence-electron chi connectivity index (χ0n) is 10.8. The molecule has 1 aliphatic heterocycles. The lowest BCUT2D eigenvalue weighted by Gasteiger charge is -2.31. The van der Waals surface area contributed by atoms with Crippen molar-refractivity contribution in [2.45, 2.75) is 12.3 Å². The van der Waals surface area contributed by atoms with Gasteiger partial charge in [-0.2, -0.15) is 0 Å². The lowest BCUT2D eigenvalue weighted by Crippen LogP contribution is -2.37. The molecule has 0 aliphatic carbocycles. The Morgan fingerprint density at radius 3 is 2.79 bits per heavy atom. The van der Waals surface area contributed by atoms with Crippen LogP contribution in [0.5, 0.6) is 5.75 Å². The van der Waals surface area contributed by atoms with E-state index in [1.54, 1.807) is 0 Å². The van der Waals surface area contributed by atoms with Crippen LogP contribution in [-0.4, -0.2) is 38.0 Å². The fraction of sp³-hybridized carbons (Fsp3) is 0.571. The molecule has 2 N–H and O–H groups in total. The molecule has 0 amide bonds. The van der Waals surface area contributed by atoms with E-state index in [0.717, 1.165) is 31.9 Å². The molecule has 1 aromatic carbocycles. The van der Waals surface area contributed by atoms with E-state index in [9.17, 15) is 0 Å². The van der Waals surface area contributed by atoms with Crippen LogP contribution in [0, 0.1) is 5.92 Å². The quantitative estimate of drug-likeness (QED) is 0.746. The highest BCUT2D eigenvalue weighted by molar-refractivity contribution is 14.1. The van der Waals surface area contributed by atoms with E-state index in [-0.39, 0.29) is 6.61 Å². The van der Waals surface area contributed by atoms with Gasteiger partial charge in [-0.05, 0) is 36.6 Å². The molecule has 0 aromatic heterocycles. The molecule has 106 valence electrons. The van der Waals surface area contributed by atoms with Crippen molar-refractivity contribution in [2.24, 2.45) is 5.92 Å². The number of hydrogen-bond acceptors (Lipinski definition) is 4. The summed E-state index contributed by atoms with van der Waals surface area (Å²) in [4.78, 5) is 0. The molecule has 2 atom stereocenters. The summed E-state index contributed by atoms with van der Waals surface area (Å²) in [6, 6.07) is 8.22. The first-order valence-electron chi connectivity index (χ1n) is 6.63. The molecule has 1 fully saturated rings. The van der Waals surface area contributed by atoms with Crippen LogP contribution in [0.1, 0.15) is 17.9 Å². The van der Waals surface area contributed by atoms with Gasteiger partial charge >= 0.3 is 0 Å². The lowest BCUT2D eigenvalue weighted by molar-refractivity contribution is 0.201. The number of nitrogens with one attached hydrogen (secondary N) is 1. The Morgan fingerprint density at radius 1 is 1.32 bits per heavy atom. The lowest BCUT2D eigenvalue weighted by atomic mass is 9.81. The molecular formula is C14H20INO3. The highest BCUT2D eigenvalue weighted by Gasteiger charge is 2.26. The Morgan fingerprint density at radius 2 is 2.11 bits per heavy atom. The van der Waals surface area contributed by atoms with Crippen molar-refractivity contribution in [3.8, 4) is 5.75 Å². The van der Waals surface area contributed by atoms with E-state index < -0.39 is 0 Å². The minimum atomic E-state index is 0.0467. The highest BCUT2D eigenvalue weighted by Crippen LogP contribution is 2.31. The molecule has 1 aliphatic rings. The van der Waals surface area contributed by atoms with Crippen molar-refractivity contribution >= 4 is 23.0 Å².